The number of quaternary nitrogens is 1. The molecular weight excluding hydrogens is 787 g/mol. The van der Waals surface area contributed by atoms with Crippen molar-refractivity contribution < 1.29 is 38.2 Å². The van der Waals surface area contributed by atoms with Crippen LogP contribution in [0.1, 0.15) is 168 Å². The standard InChI is InChI=1S/C55H89NO7/c1-6-8-10-12-14-16-18-20-22-24-25-26-27-28-29-30-32-33-35-37-39-41-43-45-53(57)62-50-51(49-61-48-47-52(55(59)60)56(3,4)5)63-54(58)46-44-42-40-38-36-34-31-23-21-19-17-15-13-11-9-7-2/h8-11,14-17,20-23,25-26,28-29,32-33,51-52H,6-7,12-13,18-19,24,27,30-31,34-50H2,1-5H3/p+1/b10-8+,11-9+,16-14+,17-15+,22-20+,23-21+,26-25+,29-28+,33-32+. The molecule has 8 nitrogen and oxygen atoms in total. The van der Waals surface area contributed by atoms with Crippen molar-refractivity contribution in [1.29, 1.82) is 0 Å². The van der Waals surface area contributed by atoms with Crippen molar-refractivity contribution in [1.82, 2.24) is 0 Å². The van der Waals surface area contributed by atoms with Crippen molar-refractivity contribution >= 4 is 17.9 Å². The van der Waals surface area contributed by atoms with E-state index in [9.17, 15) is 19.5 Å². The largest absolute Gasteiger partial charge is 0.477 e. The van der Waals surface area contributed by atoms with Gasteiger partial charge in [-0.2, -0.15) is 0 Å². The first kappa shape index (κ1) is 59.0. The van der Waals surface area contributed by atoms with Gasteiger partial charge in [0, 0.05) is 19.3 Å². The van der Waals surface area contributed by atoms with E-state index in [1.165, 1.54) is 12.8 Å². The minimum absolute atomic E-state index is 0.0398. The lowest BCUT2D eigenvalue weighted by atomic mass is 10.1. The zero-order valence-electron chi connectivity index (χ0n) is 40.5. The SMILES string of the molecule is CC/C=C/C/C=C/C/C=C/C/C=C/C/C=C/C/C=C/CCCCCCC(=O)OCC(COCCC(C(=O)O)[N+](C)(C)C)OC(=O)CCCCCCCC/C=C/C/C=C/C/C=C/CC. The molecular formula is C55H90NO7+. The average Bonchev–Trinajstić information content (AvgIpc) is 3.24. The minimum atomic E-state index is -0.886. The molecule has 0 aromatic heterocycles. The molecule has 0 aromatic rings. The number of carbonyl (C=O) groups is 3. The van der Waals surface area contributed by atoms with Gasteiger partial charge >= 0.3 is 17.9 Å². The fourth-order valence-electron chi connectivity index (χ4n) is 6.46. The van der Waals surface area contributed by atoms with Crippen LogP contribution in [-0.4, -0.2) is 80.6 Å². The lowest BCUT2D eigenvalue weighted by molar-refractivity contribution is -0.887. The van der Waals surface area contributed by atoms with Crippen molar-refractivity contribution in [2.75, 3.05) is 41.0 Å². The normalized spacial score (nSPS) is 13.9. The summed E-state index contributed by atoms with van der Waals surface area (Å²) in [6, 6.07) is -0.628. The summed E-state index contributed by atoms with van der Waals surface area (Å²) in [5.74, 6) is -1.53. The smallest absolute Gasteiger partial charge is 0.362 e. The van der Waals surface area contributed by atoms with E-state index in [1.807, 2.05) is 21.1 Å². The van der Waals surface area contributed by atoms with Gasteiger partial charge in [-0.3, -0.25) is 9.59 Å². The molecule has 0 aliphatic carbocycles. The summed E-state index contributed by atoms with van der Waals surface area (Å²) in [5, 5.41) is 9.64. The molecule has 0 bridgehead atoms. The Morgan fingerprint density at radius 2 is 0.841 bits per heavy atom. The van der Waals surface area contributed by atoms with Crippen LogP contribution in [0.5, 0.6) is 0 Å². The number of hydrogen-bond acceptors (Lipinski definition) is 6. The number of nitrogens with zero attached hydrogens (tertiary/aromatic N) is 1. The molecule has 0 amide bonds. The molecule has 1 N–H and O–H groups in total. The Labute approximate surface area is 385 Å². The second kappa shape index (κ2) is 44.6. The molecule has 2 atom stereocenters. The molecule has 0 rings (SSSR count). The van der Waals surface area contributed by atoms with E-state index in [1.54, 1.807) is 0 Å². The Morgan fingerprint density at radius 3 is 1.24 bits per heavy atom. The van der Waals surface area contributed by atoms with Gasteiger partial charge in [0.1, 0.15) is 6.61 Å². The van der Waals surface area contributed by atoms with Crippen LogP contribution >= 0.6 is 0 Å². The van der Waals surface area contributed by atoms with Crippen molar-refractivity contribution in [3.63, 3.8) is 0 Å². The fourth-order valence-corrected chi connectivity index (χ4v) is 6.46. The molecule has 63 heavy (non-hydrogen) atoms. The number of allylic oxidation sites excluding steroid dienone is 18. The Kier molecular flexibility index (Phi) is 41.8. The number of unbranched alkanes of at least 4 members (excludes halogenated alkanes) is 10. The van der Waals surface area contributed by atoms with E-state index in [2.05, 4.69) is 123 Å². The molecule has 0 spiro atoms. The van der Waals surface area contributed by atoms with Gasteiger partial charge in [0.15, 0.2) is 12.1 Å². The summed E-state index contributed by atoms with van der Waals surface area (Å²) in [6.07, 6.45) is 61.3. The molecule has 356 valence electrons. The van der Waals surface area contributed by atoms with Crippen LogP contribution in [0, 0.1) is 0 Å². The Balaban J connectivity index is 4.37. The zero-order valence-corrected chi connectivity index (χ0v) is 40.5. The van der Waals surface area contributed by atoms with E-state index < -0.39 is 18.1 Å². The lowest BCUT2D eigenvalue weighted by Crippen LogP contribution is -2.50. The van der Waals surface area contributed by atoms with Crippen LogP contribution < -0.4 is 0 Å². The lowest BCUT2D eigenvalue weighted by Gasteiger charge is -2.31. The highest BCUT2D eigenvalue weighted by atomic mass is 16.6. The number of rotatable bonds is 42. The number of likely N-dealkylation sites (N-methyl/N-ethyl adjacent to an activating group) is 1. The number of esters is 2. The summed E-state index contributed by atoms with van der Waals surface area (Å²) in [5.41, 5.74) is 0. The average molecular weight is 877 g/mol. The minimum Gasteiger partial charge on any atom is -0.477 e. The number of carbonyl (C=O) groups excluding carboxylic acids is 2. The molecule has 0 heterocycles. The highest BCUT2D eigenvalue weighted by Crippen LogP contribution is 2.13. The maximum absolute atomic E-state index is 12.8. The van der Waals surface area contributed by atoms with E-state index in [4.69, 9.17) is 14.2 Å². The first-order chi connectivity index (χ1) is 30.6. The number of carboxylic acid groups (broad SMARTS) is 1. The van der Waals surface area contributed by atoms with Gasteiger partial charge in [-0.1, -0.05) is 162 Å². The molecule has 0 saturated heterocycles. The van der Waals surface area contributed by atoms with Gasteiger partial charge < -0.3 is 23.8 Å². The zero-order chi connectivity index (χ0) is 46.3. The molecule has 0 aliphatic rings. The summed E-state index contributed by atoms with van der Waals surface area (Å²) in [4.78, 5) is 37.1. The summed E-state index contributed by atoms with van der Waals surface area (Å²) < 4.78 is 17.3. The molecule has 2 unspecified atom stereocenters. The van der Waals surface area contributed by atoms with Crippen LogP contribution in [0.4, 0.5) is 0 Å². The summed E-state index contributed by atoms with van der Waals surface area (Å²) >= 11 is 0. The molecule has 0 fully saturated rings. The molecule has 0 aromatic carbocycles. The maximum atomic E-state index is 12.8. The van der Waals surface area contributed by atoms with Gasteiger partial charge in [0.25, 0.3) is 0 Å². The first-order valence-corrected chi connectivity index (χ1v) is 24.4. The van der Waals surface area contributed by atoms with Gasteiger partial charge in [0.2, 0.25) is 0 Å². The summed E-state index contributed by atoms with van der Waals surface area (Å²) in [7, 11) is 5.51. The maximum Gasteiger partial charge on any atom is 0.362 e. The Bertz CT molecular complexity index is 1390. The predicted octanol–water partition coefficient (Wildman–Crippen LogP) is 14.0. The van der Waals surface area contributed by atoms with Crippen molar-refractivity contribution in [3.05, 3.63) is 109 Å². The van der Waals surface area contributed by atoms with Crippen LogP contribution in [0.2, 0.25) is 0 Å². The fraction of sp³-hybridized carbons (Fsp3) is 0.618. The van der Waals surface area contributed by atoms with E-state index in [0.717, 1.165) is 122 Å². The van der Waals surface area contributed by atoms with E-state index >= 15 is 0 Å². The number of ether oxygens (including phenoxy) is 3. The highest BCUT2D eigenvalue weighted by molar-refractivity contribution is 5.72. The highest BCUT2D eigenvalue weighted by Gasteiger charge is 2.31. The van der Waals surface area contributed by atoms with Gasteiger partial charge in [0.05, 0.1) is 34.4 Å². The number of hydrogen-bond donors (Lipinski definition) is 1. The first-order valence-electron chi connectivity index (χ1n) is 24.4. The van der Waals surface area contributed by atoms with Crippen LogP contribution in [0.3, 0.4) is 0 Å². The second-order valence-electron chi connectivity index (χ2n) is 17.0. The molecule has 0 radical (unpaired) electrons. The van der Waals surface area contributed by atoms with Crippen molar-refractivity contribution in [2.45, 2.75) is 180 Å². The van der Waals surface area contributed by atoms with Crippen molar-refractivity contribution in [3.8, 4) is 0 Å². The third kappa shape index (κ3) is 43.0. The summed E-state index contributed by atoms with van der Waals surface area (Å²) in [6.45, 7) is 4.45. The van der Waals surface area contributed by atoms with Crippen LogP contribution in [0.25, 0.3) is 0 Å². The van der Waals surface area contributed by atoms with Crippen LogP contribution in [0.15, 0.2) is 109 Å². The molecule has 8 heteroatoms. The quantitative estimate of drug-likeness (QED) is 0.0282. The topological polar surface area (TPSA) is 99.1 Å². The van der Waals surface area contributed by atoms with E-state index in [0.29, 0.717) is 19.3 Å². The number of carboxylic acids is 1. The third-order valence-electron chi connectivity index (χ3n) is 10.2. The third-order valence-corrected chi connectivity index (χ3v) is 10.2. The van der Waals surface area contributed by atoms with Gasteiger partial charge in [-0.25, -0.2) is 4.79 Å². The Hall–Kier alpha value is -4.01. The predicted molar refractivity (Wildman–Crippen MR) is 266 cm³/mol. The second-order valence-corrected chi connectivity index (χ2v) is 17.0. The van der Waals surface area contributed by atoms with Crippen LogP contribution in [-0.2, 0) is 28.6 Å². The van der Waals surface area contributed by atoms with Gasteiger partial charge in [-0.15, -0.1) is 0 Å². The number of aliphatic carboxylic acids is 1. The molecule has 0 saturated carbocycles. The molecule has 0 aliphatic heterocycles. The monoisotopic (exact) mass is 877 g/mol. The van der Waals surface area contributed by atoms with Gasteiger partial charge in [-0.05, 0) is 96.3 Å². The van der Waals surface area contributed by atoms with E-state index in [-0.39, 0.29) is 36.2 Å². The van der Waals surface area contributed by atoms with Crippen molar-refractivity contribution in [2.24, 2.45) is 0 Å². The Morgan fingerprint density at radius 1 is 0.476 bits per heavy atom.